The predicted octanol–water partition coefficient (Wildman–Crippen LogP) is 3.89. The van der Waals surface area contributed by atoms with Crippen LogP contribution in [0.3, 0.4) is 0 Å². The highest BCUT2D eigenvalue weighted by Crippen LogP contribution is 2.25. The SMILES string of the molecule is CCCn1c(=O)sc2cc(S(=O)(=O)Nc3cccc(C)c3C)ccc21. The van der Waals surface area contributed by atoms with E-state index in [0.717, 1.165) is 34.4 Å². The summed E-state index contributed by atoms with van der Waals surface area (Å²) in [6.45, 7) is 6.45. The van der Waals surface area contributed by atoms with E-state index in [1.807, 2.05) is 32.9 Å². The smallest absolute Gasteiger partial charge is 0.299 e. The summed E-state index contributed by atoms with van der Waals surface area (Å²) in [5.74, 6) is 0. The molecular formula is C18H20N2O3S2. The third-order valence-corrected chi connectivity index (χ3v) is 6.55. The minimum Gasteiger partial charge on any atom is -0.299 e. The Morgan fingerprint density at radius 2 is 1.92 bits per heavy atom. The lowest BCUT2D eigenvalue weighted by Gasteiger charge is -2.12. The van der Waals surface area contributed by atoms with E-state index in [2.05, 4.69) is 4.72 Å². The average molecular weight is 377 g/mol. The Balaban J connectivity index is 2.03. The number of anilines is 1. The zero-order valence-corrected chi connectivity index (χ0v) is 16.0. The minimum absolute atomic E-state index is 0.0612. The number of rotatable bonds is 5. The molecule has 25 heavy (non-hydrogen) atoms. The summed E-state index contributed by atoms with van der Waals surface area (Å²) in [5.41, 5.74) is 3.26. The van der Waals surface area contributed by atoms with Gasteiger partial charge in [0.2, 0.25) is 0 Å². The van der Waals surface area contributed by atoms with Gasteiger partial charge in [0.15, 0.2) is 0 Å². The van der Waals surface area contributed by atoms with Crippen molar-refractivity contribution < 1.29 is 8.42 Å². The Morgan fingerprint density at radius 1 is 1.16 bits per heavy atom. The minimum atomic E-state index is -3.71. The maximum Gasteiger partial charge on any atom is 0.308 e. The van der Waals surface area contributed by atoms with Gasteiger partial charge in [0, 0.05) is 6.54 Å². The molecule has 1 heterocycles. The van der Waals surface area contributed by atoms with Crippen LogP contribution in [0.15, 0.2) is 46.1 Å². The average Bonchev–Trinajstić information content (AvgIpc) is 2.87. The highest BCUT2D eigenvalue weighted by Gasteiger charge is 2.18. The summed E-state index contributed by atoms with van der Waals surface area (Å²) in [6, 6.07) is 10.3. The Morgan fingerprint density at radius 3 is 2.64 bits per heavy atom. The highest BCUT2D eigenvalue weighted by atomic mass is 32.2. The first-order chi connectivity index (χ1) is 11.8. The Labute approximate surface area is 151 Å². The largest absolute Gasteiger partial charge is 0.308 e. The molecule has 132 valence electrons. The fourth-order valence-electron chi connectivity index (χ4n) is 2.71. The van der Waals surface area contributed by atoms with Gasteiger partial charge in [-0.15, -0.1) is 0 Å². The van der Waals surface area contributed by atoms with Crippen LogP contribution in [0.1, 0.15) is 24.5 Å². The van der Waals surface area contributed by atoms with Gasteiger partial charge in [0.05, 0.1) is 20.8 Å². The van der Waals surface area contributed by atoms with E-state index in [0.29, 0.717) is 16.9 Å². The van der Waals surface area contributed by atoms with Crippen molar-refractivity contribution in [2.75, 3.05) is 4.72 Å². The number of thiazole rings is 1. The Kier molecular flexibility index (Phi) is 4.71. The summed E-state index contributed by atoms with van der Waals surface area (Å²) in [4.78, 5) is 12.2. The number of sulfonamides is 1. The standard InChI is InChI=1S/C18H20N2O3S2/c1-4-10-20-16-9-8-14(11-17(16)24-18(20)21)25(22,23)19-15-7-5-6-12(2)13(15)3/h5-9,11,19H,4,10H2,1-3H3. The summed E-state index contributed by atoms with van der Waals surface area (Å²) < 4.78 is 30.5. The van der Waals surface area contributed by atoms with Crippen molar-refractivity contribution in [3.63, 3.8) is 0 Å². The van der Waals surface area contributed by atoms with Crippen molar-refractivity contribution in [2.24, 2.45) is 0 Å². The number of nitrogens with one attached hydrogen (secondary N) is 1. The lowest BCUT2D eigenvalue weighted by Crippen LogP contribution is -2.14. The maximum atomic E-state index is 12.7. The van der Waals surface area contributed by atoms with E-state index >= 15 is 0 Å². The summed E-state index contributed by atoms with van der Waals surface area (Å²) in [5, 5.41) is 0. The fourth-order valence-corrected chi connectivity index (χ4v) is 4.89. The van der Waals surface area contributed by atoms with Gasteiger partial charge < -0.3 is 0 Å². The van der Waals surface area contributed by atoms with Crippen molar-refractivity contribution >= 4 is 37.3 Å². The molecule has 0 saturated carbocycles. The van der Waals surface area contributed by atoms with Crippen molar-refractivity contribution in [1.82, 2.24) is 4.57 Å². The molecule has 0 unspecified atom stereocenters. The second-order valence-electron chi connectivity index (χ2n) is 6.00. The molecule has 0 radical (unpaired) electrons. The van der Waals surface area contributed by atoms with E-state index in [4.69, 9.17) is 0 Å². The third kappa shape index (κ3) is 3.34. The predicted molar refractivity (Wildman–Crippen MR) is 103 cm³/mol. The van der Waals surface area contributed by atoms with E-state index in [-0.39, 0.29) is 9.77 Å². The van der Waals surface area contributed by atoms with Crippen LogP contribution in [-0.2, 0) is 16.6 Å². The van der Waals surface area contributed by atoms with E-state index in [1.165, 1.54) is 0 Å². The first-order valence-corrected chi connectivity index (χ1v) is 10.4. The van der Waals surface area contributed by atoms with Crippen LogP contribution >= 0.6 is 11.3 Å². The first kappa shape index (κ1) is 17.7. The molecule has 0 fully saturated rings. The van der Waals surface area contributed by atoms with Crippen LogP contribution in [0.4, 0.5) is 5.69 Å². The normalized spacial score (nSPS) is 11.8. The summed E-state index contributed by atoms with van der Waals surface area (Å²) in [6.07, 6.45) is 0.847. The van der Waals surface area contributed by atoms with Gasteiger partial charge in [-0.25, -0.2) is 8.42 Å². The van der Waals surface area contributed by atoms with Gasteiger partial charge in [0.1, 0.15) is 0 Å². The summed E-state index contributed by atoms with van der Waals surface area (Å²) in [7, 11) is -3.71. The molecule has 2 aromatic carbocycles. The number of nitrogens with zero attached hydrogens (tertiary/aromatic N) is 1. The van der Waals surface area contributed by atoms with Gasteiger partial charge in [0.25, 0.3) is 10.0 Å². The monoisotopic (exact) mass is 376 g/mol. The molecule has 0 spiro atoms. The van der Waals surface area contributed by atoms with Crippen LogP contribution in [0.2, 0.25) is 0 Å². The molecule has 0 aliphatic carbocycles. The molecule has 0 aliphatic heterocycles. The second-order valence-corrected chi connectivity index (χ2v) is 8.68. The quantitative estimate of drug-likeness (QED) is 0.734. The highest BCUT2D eigenvalue weighted by molar-refractivity contribution is 7.92. The third-order valence-electron chi connectivity index (χ3n) is 4.25. The van der Waals surface area contributed by atoms with Gasteiger partial charge in [-0.3, -0.25) is 14.1 Å². The zero-order chi connectivity index (χ0) is 18.2. The summed E-state index contributed by atoms with van der Waals surface area (Å²) >= 11 is 1.08. The number of fused-ring (bicyclic) bond motifs is 1. The Hall–Kier alpha value is -2.12. The van der Waals surface area contributed by atoms with E-state index in [9.17, 15) is 13.2 Å². The maximum absolute atomic E-state index is 12.7. The van der Waals surface area contributed by atoms with Gasteiger partial charge in [-0.2, -0.15) is 0 Å². The molecule has 5 nitrogen and oxygen atoms in total. The Bertz CT molecular complexity index is 1100. The molecule has 0 aliphatic rings. The molecule has 3 rings (SSSR count). The topological polar surface area (TPSA) is 68.2 Å². The first-order valence-electron chi connectivity index (χ1n) is 8.06. The second kappa shape index (κ2) is 6.65. The number of aromatic nitrogens is 1. The molecule has 7 heteroatoms. The number of hydrogen-bond acceptors (Lipinski definition) is 4. The number of benzene rings is 2. The van der Waals surface area contributed by atoms with Crippen LogP contribution < -0.4 is 9.60 Å². The van der Waals surface area contributed by atoms with Crippen LogP contribution in [0, 0.1) is 13.8 Å². The van der Waals surface area contributed by atoms with Gasteiger partial charge in [-0.05, 0) is 55.7 Å². The van der Waals surface area contributed by atoms with Crippen LogP contribution in [0.5, 0.6) is 0 Å². The lowest BCUT2D eigenvalue weighted by molar-refractivity contribution is 0.601. The fraction of sp³-hybridized carbons (Fsp3) is 0.278. The lowest BCUT2D eigenvalue weighted by atomic mass is 10.1. The van der Waals surface area contributed by atoms with Gasteiger partial charge >= 0.3 is 4.87 Å². The molecule has 0 bridgehead atoms. The zero-order valence-electron chi connectivity index (χ0n) is 14.4. The van der Waals surface area contributed by atoms with Crippen LogP contribution in [0.25, 0.3) is 10.2 Å². The van der Waals surface area contributed by atoms with Crippen LogP contribution in [-0.4, -0.2) is 13.0 Å². The number of aryl methyl sites for hydroxylation is 2. The van der Waals surface area contributed by atoms with Gasteiger partial charge in [-0.1, -0.05) is 30.4 Å². The number of hydrogen-bond donors (Lipinski definition) is 1. The molecule has 1 aromatic heterocycles. The molecule has 1 N–H and O–H groups in total. The molecule has 0 amide bonds. The molecule has 3 aromatic rings. The molecular weight excluding hydrogens is 356 g/mol. The van der Waals surface area contributed by atoms with Crippen molar-refractivity contribution in [2.45, 2.75) is 38.6 Å². The molecule has 0 saturated heterocycles. The van der Waals surface area contributed by atoms with Crippen molar-refractivity contribution in [1.29, 1.82) is 0 Å². The molecule has 0 atom stereocenters. The van der Waals surface area contributed by atoms with Crippen molar-refractivity contribution in [3.8, 4) is 0 Å². The van der Waals surface area contributed by atoms with E-state index in [1.54, 1.807) is 28.8 Å². The van der Waals surface area contributed by atoms with E-state index < -0.39 is 10.0 Å². The van der Waals surface area contributed by atoms with Crippen molar-refractivity contribution in [3.05, 3.63) is 57.2 Å².